The number of esters is 2. The molecule has 0 unspecified atom stereocenters. The molecule has 0 bridgehead atoms. The van der Waals surface area contributed by atoms with E-state index < -0.39 is 23.6 Å². The number of nitrogens with zero attached hydrogens (tertiary/aromatic N) is 2. The van der Waals surface area contributed by atoms with Crippen molar-refractivity contribution in [2.45, 2.75) is 17.5 Å². The first kappa shape index (κ1) is 22.2. The van der Waals surface area contributed by atoms with Crippen LogP contribution in [0.2, 0.25) is 0 Å². The maximum Gasteiger partial charge on any atom is 0.339 e. The summed E-state index contributed by atoms with van der Waals surface area (Å²) >= 11 is 0.223. The summed E-state index contributed by atoms with van der Waals surface area (Å²) in [5.41, 5.74) is 1.10. The number of imidazole rings is 1. The molecule has 1 aromatic heterocycles. The number of hydrogen-bond donors (Lipinski definition) is 1. The van der Waals surface area contributed by atoms with E-state index in [9.17, 15) is 23.2 Å². The van der Waals surface area contributed by atoms with Gasteiger partial charge in [0.15, 0.2) is 5.16 Å². The summed E-state index contributed by atoms with van der Waals surface area (Å²) in [5, 5.41) is 2.51. The molecule has 31 heavy (non-hydrogen) atoms. The lowest BCUT2D eigenvalue weighted by atomic mass is 10.1. The Hall–Kier alpha value is -3.47. The Morgan fingerprint density at radius 1 is 1.10 bits per heavy atom. The zero-order valence-electron chi connectivity index (χ0n) is 16.4. The maximum atomic E-state index is 13.0. The number of carbonyl (C=O) groups excluding carboxylic acids is 3. The summed E-state index contributed by atoms with van der Waals surface area (Å²) in [6, 6.07) is 10.7. The van der Waals surface area contributed by atoms with Crippen LogP contribution in [0.1, 0.15) is 20.7 Å². The molecule has 0 spiro atoms. The van der Waals surface area contributed by atoms with E-state index in [0.29, 0.717) is 11.0 Å². The van der Waals surface area contributed by atoms with Crippen LogP contribution in [-0.4, -0.2) is 47.4 Å². The van der Waals surface area contributed by atoms with Gasteiger partial charge in [0.05, 0.1) is 42.1 Å². The Balaban J connectivity index is 1.93. The van der Waals surface area contributed by atoms with Crippen molar-refractivity contribution in [2.24, 2.45) is 0 Å². The molecule has 0 fully saturated rings. The number of aromatic nitrogens is 2. The lowest BCUT2D eigenvalue weighted by Crippen LogP contribution is -2.21. The number of amides is 1. The maximum absolute atomic E-state index is 13.0. The van der Waals surface area contributed by atoms with Crippen molar-refractivity contribution in [2.75, 3.05) is 19.5 Å². The van der Waals surface area contributed by atoms with Gasteiger partial charge in [-0.25, -0.2) is 14.6 Å². The first-order chi connectivity index (χ1) is 14.8. The number of nitrogens with one attached hydrogen (secondary N) is 1. The third kappa shape index (κ3) is 5.00. The Kier molecular flexibility index (Phi) is 6.85. The van der Waals surface area contributed by atoms with Gasteiger partial charge >= 0.3 is 11.9 Å². The molecule has 1 N–H and O–H groups in total. The van der Waals surface area contributed by atoms with E-state index in [4.69, 9.17) is 4.74 Å². The number of ether oxygens (including phenoxy) is 2. The molecule has 11 heteroatoms. The minimum absolute atomic E-state index is 0.0150. The van der Waals surface area contributed by atoms with Crippen LogP contribution in [0.3, 0.4) is 0 Å². The predicted octanol–water partition coefficient (Wildman–Crippen LogP) is 3.56. The molecule has 0 aliphatic heterocycles. The van der Waals surface area contributed by atoms with E-state index in [2.05, 4.69) is 15.0 Å². The van der Waals surface area contributed by atoms with Crippen LogP contribution in [0, 0.1) is 0 Å². The molecule has 3 aromatic rings. The second-order valence-electron chi connectivity index (χ2n) is 6.14. The molecule has 0 radical (unpaired) electrons. The van der Waals surface area contributed by atoms with E-state index in [1.807, 2.05) is 0 Å². The fourth-order valence-electron chi connectivity index (χ4n) is 2.89. The number of para-hydroxylation sites is 2. The Bertz CT molecular complexity index is 1150. The number of anilines is 1. The number of rotatable bonds is 7. The van der Waals surface area contributed by atoms with Crippen molar-refractivity contribution in [3.8, 4) is 0 Å². The van der Waals surface area contributed by atoms with Crippen LogP contribution in [0.15, 0.2) is 47.6 Å². The molecule has 8 nitrogen and oxygen atoms in total. The summed E-state index contributed by atoms with van der Waals surface area (Å²) in [6.07, 6.45) is 0. The zero-order chi connectivity index (χ0) is 22.5. The summed E-state index contributed by atoms with van der Waals surface area (Å²) in [4.78, 5) is 40.8. The first-order valence-corrected chi connectivity index (χ1v) is 9.72. The Morgan fingerprint density at radius 2 is 1.81 bits per heavy atom. The van der Waals surface area contributed by atoms with Crippen LogP contribution in [-0.2, 0) is 20.8 Å². The van der Waals surface area contributed by atoms with E-state index >= 15 is 0 Å². The van der Waals surface area contributed by atoms with Gasteiger partial charge in [0.1, 0.15) is 6.54 Å². The van der Waals surface area contributed by atoms with Crippen molar-refractivity contribution in [1.82, 2.24) is 9.55 Å². The number of fused-ring (bicyclic) bond motifs is 1. The SMILES string of the molecule is COC(=O)c1ccc(C(=O)OC)c(NC(=O)Cn2c(SC(F)F)nc3ccccc32)c1. The van der Waals surface area contributed by atoms with Crippen molar-refractivity contribution in [1.29, 1.82) is 0 Å². The summed E-state index contributed by atoms with van der Waals surface area (Å²) in [5.74, 6) is -4.73. The molecule has 0 saturated heterocycles. The molecule has 2 aromatic carbocycles. The van der Waals surface area contributed by atoms with Gasteiger partial charge < -0.3 is 19.4 Å². The second-order valence-corrected chi connectivity index (χ2v) is 7.10. The van der Waals surface area contributed by atoms with Crippen LogP contribution in [0.5, 0.6) is 0 Å². The van der Waals surface area contributed by atoms with E-state index in [0.717, 1.165) is 0 Å². The molecule has 1 heterocycles. The predicted molar refractivity (Wildman–Crippen MR) is 109 cm³/mol. The number of thioether (sulfide) groups is 1. The number of alkyl halides is 2. The van der Waals surface area contributed by atoms with Crippen molar-refractivity contribution in [3.63, 3.8) is 0 Å². The standard InChI is InChI=1S/C20H17F2N3O5S/c1-29-17(27)11-7-8-12(18(28)30-2)14(9-11)23-16(26)10-25-15-6-4-3-5-13(15)24-20(25)31-19(21)22/h3-9,19H,10H2,1-2H3,(H,23,26). The minimum Gasteiger partial charge on any atom is -0.465 e. The normalized spacial score (nSPS) is 10.9. The molecule has 0 aliphatic rings. The average Bonchev–Trinajstić information content (AvgIpc) is 3.08. The Morgan fingerprint density at radius 3 is 2.48 bits per heavy atom. The number of hydrogen-bond acceptors (Lipinski definition) is 7. The molecule has 0 aliphatic carbocycles. The van der Waals surface area contributed by atoms with Crippen LogP contribution in [0.4, 0.5) is 14.5 Å². The molecule has 3 rings (SSSR count). The van der Waals surface area contributed by atoms with Gasteiger partial charge in [-0.1, -0.05) is 12.1 Å². The monoisotopic (exact) mass is 449 g/mol. The fourth-order valence-corrected chi connectivity index (χ4v) is 3.49. The second kappa shape index (κ2) is 9.56. The highest BCUT2D eigenvalue weighted by Crippen LogP contribution is 2.28. The van der Waals surface area contributed by atoms with Gasteiger partial charge in [-0.15, -0.1) is 0 Å². The van der Waals surface area contributed by atoms with Crippen molar-refractivity contribution >= 4 is 46.3 Å². The van der Waals surface area contributed by atoms with E-state index in [1.54, 1.807) is 24.3 Å². The highest BCUT2D eigenvalue weighted by molar-refractivity contribution is 7.99. The zero-order valence-corrected chi connectivity index (χ0v) is 17.2. The largest absolute Gasteiger partial charge is 0.465 e. The van der Waals surface area contributed by atoms with Crippen LogP contribution in [0.25, 0.3) is 11.0 Å². The van der Waals surface area contributed by atoms with E-state index in [1.165, 1.54) is 37.0 Å². The van der Waals surface area contributed by atoms with Gasteiger partial charge in [0, 0.05) is 0 Å². The molecule has 0 atom stereocenters. The number of carbonyl (C=O) groups is 3. The molecule has 1 amide bonds. The third-order valence-electron chi connectivity index (χ3n) is 4.24. The number of halogens is 2. The summed E-state index contributed by atoms with van der Waals surface area (Å²) in [6.45, 7) is -0.349. The van der Waals surface area contributed by atoms with Crippen molar-refractivity contribution in [3.05, 3.63) is 53.6 Å². The smallest absolute Gasteiger partial charge is 0.339 e. The summed E-state index contributed by atoms with van der Waals surface area (Å²) in [7, 11) is 2.37. The third-order valence-corrected chi connectivity index (χ3v) is 4.94. The molecule has 162 valence electrons. The lowest BCUT2D eigenvalue weighted by molar-refractivity contribution is -0.116. The van der Waals surface area contributed by atoms with Gasteiger partial charge in [-0.3, -0.25) is 4.79 Å². The molecular formula is C20H17F2N3O5S. The minimum atomic E-state index is -2.72. The molecule has 0 saturated carbocycles. The van der Waals surface area contributed by atoms with Crippen molar-refractivity contribution < 1.29 is 32.6 Å². The van der Waals surface area contributed by atoms with Gasteiger partial charge in [0.25, 0.3) is 5.76 Å². The quantitative estimate of drug-likeness (QED) is 0.435. The highest BCUT2D eigenvalue weighted by Gasteiger charge is 2.20. The first-order valence-electron chi connectivity index (χ1n) is 8.84. The topological polar surface area (TPSA) is 99.5 Å². The highest BCUT2D eigenvalue weighted by atomic mass is 32.2. The summed E-state index contributed by atoms with van der Waals surface area (Å²) < 4.78 is 36.6. The molecular weight excluding hydrogens is 432 g/mol. The Labute approximate surface area is 179 Å². The van der Waals surface area contributed by atoms with Crippen LogP contribution < -0.4 is 5.32 Å². The van der Waals surface area contributed by atoms with E-state index in [-0.39, 0.29) is 40.3 Å². The number of methoxy groups -OCH3 is 2. The average molecular weight is 449 g/mol. The lowest BCUT2D eigenvalue weighted by Gasteiger charge is -2.13. The van der Waals surface area contributed by atoms with Gasteiger partial charge in [-0.2, -0.15) is 8.78 Å². The van der Waals surface area contributed by atoms with Gasteiger partial charge in [-0.05, 0) is 42.1 Å². The van der Waals surface area contributed by atoms with Gasteiger partial charge in [0.2, 0.25) is 5.91 Å². The van der Waals surface area contributed by atoms with Crippen LogP contribution >= 0.6 is 11.8 Å². The fraction of sp³-hybridized carbons (Fsp3) is 0.200. The number of benzene rings is 2.